The van der Waals surface area contributed by atoms with Crippen LogP contribution in [-0.2, 0) is 4.79 Å². The Morgan fingerprint density at radius 3 is 2.92 bits per heavy atom. The number of carbonyl (C=O) groups is 2. The molecule has 1 N–H and O–H groups in total. The van der Waals surface area contributed by atoms with E-state index in [-0.39, 0.29) is 18.2 Å². The highest BCUT2D eigenvalue weighted by Crippen LogP contribution is 2.26. The van der Waals surface area contributed by atoms with Crippen LogP contribution in [0.25, 0.3) is 10.9 Å². The van der Waals surface area contributed by atoms with Crippen molar-refractivity contribution >= 4 is 22.8 Å². The lowest BCUT2D eigenvalue weighted by Crippen LogP contribution is -2.40. The molecule has 0 saturated carbocycles. The zero-order valence-electron chi connectivity index (χ0n) is 13.6. The molecular formula is C18H20N2O4. The lowest BCUT2D eigenvalue weighted by atomic mass is 9.94. The number of aliphatic carboxylic acids is 1. The van der Waals surface area contributed by atoms with Gasteiger partial charge >= 0.3 is 5.97 Å². The standard InChI is InChI=1S/C18H20N2O4/c1-24-16-10-14(13-6-2-3-7-15(13)19-16)18(23)20-8-4-5-12(11-20)9-17(21)22/h2-3,6-7,10,12H,4-5,8-9,11H2,1H3,(H,21,22). The van der Waals surface area contributed by atoms with Crippen LogP contribution in [0.3, 0.4) is 0 Å². The third-order valence-corrected chi connectivity index (χ3v) is 4.40. The first-order chi connectivity index (χ1) is 11.6. The van der Waals surface area contributed by atoms with E-state index in [1.165, 1.54) is 7.11 Å². The van der Waals surface area contributed by atoms with Gasteiger partial charge in [0.05, 0.1) is 18.2 Å². The van der Waals surface area contributed by atoms with Gasteiger partial charge in [-0.25, -0.2) is 4.98 Å². The number of carbonyl (C=O) groups excluding carboxylic acids is 1. The smallest absolute Gasteiger partial charge is 0.303 e. The number of hydrogen-bond donors (Lipinski definition) is 1. The van der Waals surface area contributed by atoms with Crippen molar-refractivity contribution in [3.8, 4) is 5.88 Å². The monoisotopic (exact) mass is 328 g/mol. The van der Waals surface area contributed by atoms with E-state index in [0.29, 0.717) is 30.0 Å². The predicted octanol–water partition coefficient (Wildman–Crippen LogP) is 2.57. The minimum absolute atomic E-state index is 0.00944. The molecule has 3 rings (SSSR count). The lowest BCUT2D eigenvalue weighted by molar-refractivity contribution is -0.138. The fraction of sp³-hybridized carbons (Fsp3) is 0.389. The molecule has 24 heavy (non-hydrogen) atoms. The number of piperidine rings is 1. The number of para-hydroxylation sites is 1. The molecule has 1 aliphatic heterocycles. The normalized spacial score (nSPS) is 17.7. The topological polar surface area (TPSA) is 79.7 Å². The average molecular weight is 328 g/mol. The fourth-order valence-electron chi connectivity index (χ4n) is 3.27. The fourth-order valence-corrected chi connectivity index (χ4v) is 3.27. The zero-order valence-corrected chi connectivity index (χ0v) is 13.6. The van der Waals surface area contributed by atoms with Crippen LogP contribution in [0, 0.1) is 5.92 Å². The summed E-state index contributed by atoms with van der Waals surface area (Å²) in [7, 11) is 1.52. The Balaban J connectivity index is 1.91. The Bertz CT molecular complexity index is 775. The maximum atomic E-state index is 13.0. The first-order valence-corrected chi connectivity index (χ1v) is 8.03. The molecule has 0 bridgehead atoms. The molecule has 1 aromatic heterocycles. The number of carboxylic acids is 1. The van der Waals surface area contributed by atoms with Crippen molar-refractivity contribution in [1.82, 2.24) is 9.88 Å². The van der Waals surface area contributed by atoms with Gasteiger partial charge in [-0.05, 0) is 24.8 Å². The average Bonchev–Trinajstić information content (AvgIpc) is 2.59. The predicted molar refractivity (Wildman–Crippen MR) is 89.2 cm³/mol. The van der Waals surface area contributed by atoms with Crippen molar-refractivity contribution in [3.05, 3.63) is 35.9 Å². The number of methoxy groups -OCH3 is 1. The van der Waals surface area contributed by atoms with E-state index in [0.717, 1.165) is 18.2 Å². The van der Waals surface area contributed by atoms with Gasteiger partial charge < -0.3 is 14.7 Å². The summed E-state index contributed by atoms with van der Waals surface area (Å²) in [4.78, 5) is 30.1. The van der Waals surface area contributed by atoms with E-state index in [9.17, 15) is 9.59 Å². The van der Waals surface area contributed by atoms with Crippen LogP contribution >= 0.6 is 0 Å². The Hall–Kier alpha value is -2.63. The van der Waals surface area contributed by atoms with Crippen molar-refractivity contribution in [2.24, 2.45) is 5.92 Å². The molecule has 6 nitrogen and oxygen atoms in total. The van der Waals surface area contributed by atoms with Crippen molar-refractivity contribution in [2.75, 3.05) is 20.2 Å². The molecule has 1 fully saturated rings. The van der Waals surface area contributed by atoms with Gasteiger partial charge in [0.15, 0.2) is 0 Å². The molecule has 1 unspecified atom stereocenters. The van der Waals surface area contributed by atoms with Crippen molar-refractivity contribution in [3.63, 3.8) is 0 Å². The van der Waals surface area contributed by atoms with Gasteiger partial charge in [0.25, 0.3) is 5.91 Å². The van der Waals surface area contributed by atoms with E-state index < -0.39 is 5.97 Å². The van der Waals surface area contributed by atoms with Gasteiger partial charge in [-0.2, -0.15) is 0 Å². The highest BCUT2D eigenvalue weighted by atomic mass is 16.5. The molecule has 2 aromatic rings. The Kier molecular flexibility index (Phi) is 4.64. The number of hydrogen-bond acceptors (Lipinski definition) is 4. The van der Waals surface area contributed by atoms with Crippen LogP contribution in [0.2, 0.25) is 0 Å². The summed E-state index contributed by atoms with van der Waals surface area (Å²) in [6.45, 7) is 1.12. The van der Waals surface area contributed by atoms with Crippen molar-refractivity contribution < 1.29 is 19.4 Å². The molecular weight excluding hydrogens is 308 g/mol. The molecule has 1 aromatic carbocycles. The van der Waals surface area contributed by atoms with Gasteiger partial charge in [-0.3, -0.25) is 9.59 Å². The highest BCUT2D eigenvalue weighted by Gasteiger charge is 2.27. The van der Waals surface area contributed by atoms with E-state index in [4.69, 9.17) is 9.84 Å². The van der Waals surface area contributed by atoms with E-state index in [2.05, 4.69) is 4.98 Å². The number of fused-ring (bicyclic) bond motifs is 1. The second-order valence-corrected chi connectivity index (χ2v) is 6.09. The largest absolute Gasteiger partial charge is 0.481 e. The summed E-state index contributed by atoms with van der Waals surface area (Å²) >= 11 is 0. The number of ether oxygens (including phenoxy) is 1. The molecule has 1 atom stereocenters. The number of likely N-dealkylation sites (tertiary alicyclic amines) is 1. The van der Waals surface area contributed by atoms with Crippen LogP contribution in [-0.4, -0.2) is 47.1 Å². The number of carboxylic acid groups (broad SMARTS) is 1. The minimum atomic E-state index is -0.815. The number of rotatable bonds is 4. The molecule has 6 heteroatoms. The molecule has 1 saturated heterocycles. The quantitative estimate of drug-likeness (QED) is 0.933. The van der Waals surface area contributed by atoms with Crippen molar-refractivity contribution in [2.45, 2.75) is 19.3 Å². The molecule has 2 heterocycles. The summed E-state index contributed by atoms with van der Waals surface area (Å²) in [5.41, 5.74) is 1.26. The van der Waals surface area contributed by atoms with E-state index >= 15 is 0 Å². The van der Waals surface area contributed by atoms with E-state index in [1.807, 2.05) is 24.3 Å². The SMILES string of the molecule is COc1cc(C(=O)N2CCCC(CC(=O)O)C2)c2ccccc2n1. The molecule has 0 radical (unpaired) electrons. The van der Waals surface area contributed by atoms with Crippen LogP contribution in [0.15, 0.2) is 30.3 Å². The molecule has 126 valence electrons. The summed E-state index contributed by atoms with van der Waals surface area (Å²) in [5, 5.41) is 9.77. The third-order valence-electron chi connectivity index (χ3n) is 4.40. The van der Waals surface area contributed by atoms with Gasteiger partial charge in [0, 0.05) is 31.0 Å². The first-order valence-electron chi connectivity index (χ1n) is 8.03. The zero-order chi connectivity index (χ0) is 17.1. The second-order valence-electron chi connectivity index (χ2n) is 6.09. The number of nitrogens with zero attached hydrogens (tertiary/aromatic N) is 2. The number of aromatic nitrogens is 1. The third kappa shape index (κ3) is 3.32. The molecule has 1 aliphatic rings. The van der Waals surface area contributed by atoms with Gasteiger partial charge in [0.1, 0.15) is 0 Å². The minimum Gasteiger partial charge on any atom is -0.481 e. The molecule has 1 amide bonds. The van der Waals surface area contributed by atoms with Crippen LogP contribution in [0.5, 0.6) is 5.88 Å². The van der Waals surface area contributed by atoms with Crippen molar-refractivity contribution in [1.29, 1.82) is 0 Å². The maximum absolute atomic E-state index is 13.0. The summed E-state index contributed by atoms with van der Waals surface area (Å²) in [6, 6.07) is 9.11. The summed E-state index contributed by atoms with van der Waals surface area (Å²) in [6.07, 6.45) is 1.77. The first kappa shape index (κ1) is 16.2. The number of amides is 1. The van der Waals surface area contributed by atoms with Crippen LogP contribution < -0.4 is 4.74 Å². The summed E-state index contributed by atoms with van der Waals surface area (Å²) in [5.74, 6) is -0.501. The highest BCUT2D eigenvalue weighted by molar-refractivity contribution is 6.06. The van der Waals surface area contributed by atoms with Gasteiger partial charge in [-0.15, -0.1) is 0 Å². The Morgan fingerprint density at radius 2 is 2.17 bits per heavy atom. The molecule has 0 spiro atoms. The molecule has 0 aliphatic carbocycles. The van der Waals surface area contributed by atoms with Crippen LogP contribution in [0.1, 0.15) is 29.6 Å². The number of pyridine rings is 1. The number of benzene rings is 1. The van der Waals surface area contributed by atoms with E-state index in [1.54, 1.807) is 11.0 Å². The Labute approximate surface area is 140 Å². The summed E-state index contributed by atoms with van der Waals surface area (Å²) < 4.78 is 5.21. The van der Waals surface area contributed by atoms with Gasteiger partial charge in [0.2, 0.25) is 5.88 Å². The second kappa shape index (κ2) is 6.86. The maximum Gasteiger partial charge on any atom is 0.303 e. The van der Waals surface area contributed by atoms with Crippen LogP contribution in [0.4, 0.5) is 0 Å². The Morgan fingerprint density at radius 1 is 1.38 bits per heavy atom. The van der Waals surface area contributed by atoms with Gasteiger partial charge in [-0.1, -0.05) is 18.2 Å². The lowest BCUT2D eigenvalue weighted by Gasteiger charge is -2.32.